The maximum atomic E-state index is 12.9. The van der Waals surface area contributed by atoms with Gasteiger partial charge < -0.3 is 9.88 Å². The van der Waals surface area contributed by atoms with E-state index < -0.39 is 0 Å². The molecule has 0 radical (unpaired) electrons. The second-order valence-electron chi connectivity index (χ2n) is 4.97. The third kappa shape index (κ3) is 2.51. The van der Waals surface area contributed by atoms with E-state index >= 15 is 0 Å². The smallest absolute Gasteiger partial charge is 0.150 e. The fraction of sp³-hybridized carbons (Fsp3) is 0.429. The number of hydrogen-bond donors (Lipinski definition) is 1. The SMILES string of the molecule is Cc1nnc([C@@H]2CCCN2)n1Cc1ccc(F)cc1. The number of benzene rings is 1. The van der Waals surface area contributed by atoms with Crippen LogP contribution >= 0.6 is 0 Å². The predicted octanol–water partition coefficient (Wildman–Crippen LogP) is 2.20. The highest BCUT2D eigenvalue weighted by molar-refractivity contribution is 5.18. The lowest BCUT2D eigenvalue weighted by atomic mass is 10.2. The molecule has 1 aromatic heterocycles. The van der Waals surface area contributed by atoms with Crippen LogP contribution in [0, 0.1) is 12.7 Å². The van der Waals surface area contributed by atoms with Gasteiger partial charge in [-0.15, -0.1) is 10.2 Å². The van der Waals surface area contributed by atoms with Gasteiger partial charge >= 0.3 is 0 Å². The molecule has 0 unspecified atom stereocenters. The molecule has 19 heavy (non-hydrogen) atoms. The van der Waals surface area contributed by atoms with Gasteiger partial charge in [-0.05, 0) is 44.0 Å². The summed E-state index contributed by atoms with van der Waals surface area (Å²) in [5.41, 5.74) is 1.06. The van der Waals surface area contributed by atoms with Crippen molar-refractivity contribution in [1.29, 1.82) is 0 Å². The zero-order valence-electron chi connectivity index (χ0n) is 10.9. The lowest BCUT2D eigenvalue weighted by molar-refractivity contribution is 0.559. The van der Waals surface area contributed by atoms with E-state index in [1.807, 2.05) is 6.92 Å². The maximum absolute atomic E-state index is 12.9. The monoisotopic (exact) mass is 260 g/mol. The van der Waals surface area contributed by atoms with E-state index in [1.54, 1.807) is 12.1 Å². The van der Waals surface area contributed by atoms with Crippen molar-refractivity contribution in [2.75, 3.05) is 6.54 Å². The van der Waals surface area contributed by atoms with Gasteiger partial charge in [0, 0.05) is 0 Å². The van der Waals surface area contributed by atoms with Crippen LogP contribution in [-0.4, -0.2) is 21.3 Å². The van der Waals surface area contributed by atoms with E-state index in [4.69, 9.17) is 0 Å². The van der Waals surface area contributed by atoms with Crippen molar-refractivity contribution < 1.29 is 4.39 Å². The van der Waals surface area contributed by atoms with Crippen LogP contribution in [0.1, 0.15) is 36.1 Å². The molecule has 0 spiro atoms. The third-order valence-corrected chi connectivity index (χ3v) is 3.59. The lowest BCUT2D eigenvalue weighted by Crippen LogP contribution is -2.19. The standard InChI is InChI=1S/C14H17FN4/c1-10-17-18-14(13-3-2-8-16-13)19(10)9-11-4-6-12(15)7-5-11/h4-7,13,16H,2-3,8-9H2,1H3/t13-/m0/s1. The molecule has 0 amide bonds. The summed E-state index contributed by atoms with van der Waals surface area (Å²) in [5.74, 6) is 1.68. The molecule has 1 aliphatic rings. The largest absolute Gasteiger partial charge is 0.309 e. The molecule has 0 saturated carbocycles. The molecule has 1 saturated heterocycles. The minimum absolute atomic E-state index is 0.207. The Morgan fingerprint density at radius 2 is 2.11 bits per heavy atom. The molecule has 2 aromatic rings. The second-order valence-corrected chi connectivity index (χ2v) is 4.97. The zero-order chi connectivity index (χ0) is 13.2. The first-order valence-corrected chi connectivity index (χ1v) is 6.61. The summed E-state index contributed by atoms with van der Waals surface area (Å²) in [6.45, 7) is 3.68. The van der Waals surface area contributed by atoms with Crippen molar-refractivity contribution in [1.82, 2.24) is 20.1 Å². The Labute approximate surface area is 111 Å². The van der Waals surface area contributed by atoms with Gasteiger partial charge in [0.15, 0.2) is 5.82 Å². The number of nitrogens with zero attached hydrogens (tertiary/aromatic N) is 3. The Balaban J connectivity index is 1.87. The third-order valence-electron chi connectivity index (χ3n) is 3.59. The van der Waals surface area contributed by atoms with Crippen LogP contribution in [0.3, 0.4) is 0 Å². The zero-order valence-corrected chi connectivity index (χ0v) is 10.9. The average molecular weight is 260 g/mol. The highest BCUT2D eigenvalue weighted by atomic mass is 19.1. The minimum Gasteiger partial charge on any atom is -0.309 e. The molecule has 0 aliphatic carbocycles. The Hall–Kier alpha value is -1.75. The fourth-order valence-corrected chi connectivity index (χ4v) is 2.53. The maximum Gasteiger partial charge on any atom is 0.150 e. The molecule has 100 valence electrons. The quantitative estimate of drug-likeness (QED) is 0.920. The number of rotatable bonds is 3. The Morgan fingerprint density at radius 1 is 1.32 bits per heavy atom. The first kappa shape index (κ1) is 12.3. The number of hydrogen-bond acceptors (Lipinski definition) is 3. The van der Waals surface area contributed by atoms with Crippen LogP contribution in [0.15, 0.2) is 24.3 Å². The Kier molecular flexibility index (Phi) is 3.29. The molecule has 4 nitrogen and oxygen atoms in total. The summed E-state index contributed by atoms with van der Waals surface area (Å²) in [6, 6.07) is 6.88. The van der Waals surface area contributed by atoms with Gasteiger partial charge in [-0.1, -0.05) is 12.1 Å². The molecule has 5 heteroatoms. The lowest BCUT2D eigenvalue weighted by Gasteiger charge is -2.13. The summed E-state index contributed by atoms with van der Waals surface area (Å²) in [5, 5.41) is 11.9. The van der Waals surface area contributed by atoms with Crippen LogP contribution in [0.2, 0.25) is 0 Å². The molecule has 1 atom stereocenters. The number of aromatic nitrogens is 3. The van der Waals surface area contributed by atoms with Crippen LogP contribution in [-0.2, 0) is 6.54 Å². The number of halogens is 1. The van der Waals surface area contributed by atoms with Crippen LogP contribution < -0.4 is 5.32 Å². The average Bonchev–Trinajstić information content (AvgIpc) is 3.03. The summed E-state index contributed by atoms with van der Waals surface area (Å²) in [4.78, 5) is 0. The normalized spacial score (nSPS) is 18.9. The number of nitrogens with one attached hydrogen (secondary N) is 1. The highest BCUT2D eigenvalue weighted by Crippen LogP contribution is 2.22. The van der Waals surface area contributed by atoms with Gasteiger partial charge in [0.25, 0.3) is 0 Å². The van der Waals surface area contributed by atoms with E-state index in [2.05, 4.69) is 20.1 Å². The predicted molar refractivity (Wildman–Crippen MR) is 70.2 cm³/mol. The molecule has 0 bridgehead atoms. The summed E-state index contributed by atoms with van der Waals surface area (Å²) in [7, 11) is 0. The second kappa shape index (κ2) is 5.09. The minimum atomic E-state index is -0.207. The van der Waals surface area contributed by atoms with Crippen molar-refractivity contribution in [3.63, 3.8) is 0 Å². The van der Waals surface area contributed by atoms with Gasteiger partial charge in [-0.3, -0.25) is 0 Å². The van der Waals surface area contributed by atoms with Gasteiger partial charge in [-0.2, -0.15) is 0 Å². The summed E-state index contributed by atoms with van der Waals surface area (Å²) < 4.78 is 15.0. The van der Waals surface area contributed by atoms with Crippen molar-refractivity contribution in [2.24, 2.45) is 0 Å². The van der Waals surface area contributed by atoms with Gasteiger partial charge in [0.05, 0.1) is 12.6 Å². The van der Waals surface area contributed by atoms with Crippen molar-refractivity contribution in [2.45, 2.75) is 32.4 Å². The topological polar surface area (TPSA) is 42.7 Å². The molecule has 1 aromatic carbocycles. The Morgan fingerprint density at radius 3 is 2.79 bits per heavy atom. The van der Waals surface area contributed by atoms with Crippen LogP contribution in [0.25, 0.3) is 0 Å². The first-order valence-electron chi connectivity index (χ1n) is 6.61. The van der Waals surface area contributed by atoms with E-state index in [9.17, 15) is 4.39 Å². The van der Waals surface area contributed by atoms with Crippen LogP contribution in [0.4, 0.5) is 4.39 Å². The van der Waals surface area contributed by atoms with Crippen molar-refractivity contribution in [3.8, 4) is 0 Å². The van der Waals surface area contributed by atoms with Crippen molar-refractivity contribution >= 4 is 0 Å². The molecule has 1 aliphatic heterocycles. The van der Waals surface area contributed by atoms with E-state index in [-0.39, 0.29) is 5.82 Å². The molecular formula is C14H17FN4. The Bertz CT molecular complexity index is 555. The van der Waals surface area contributed by atoms with Gasteiger partial charge in [0.1, 0.15) is 11.6 Å². The highest BCUT2D eigenvalue weighted by Gasteiger charge is 2.22. The van der Waals surface area contributed by atoms with Gasteiger partial charge in [-0.25, -0.2) is 4.39 Å². The summed E-state index contributed by atoms with van der Waals surface area (Å²) in [6.07, 6.45) is 2.27. The van der Waals surface area contributed by atoms with Crippen LogP contribution in [0.5, 0.6) is 0 Å². The molecule has 3 rings (SSSR count). The molecule has 1 N–H and O–H groups in total. The van der Waals surface area contributed by atoms with Crippen molar-refractivity contribution in [3.05, 3.63) is 47.3 Å². The molecule has 2 heterocycles. The summed E-state index contributed by atoms with van der Waals surface area (Å²) >= 11 is 0. The van der Waals surface area contributed by atoms with Gasteiger partial charge in [0.2, 0.25) is 0 Å². The van der Waals surface area contributed by atoms with E-state index in [0.717, 1.165) is 30.2 Å². The fourth-order valence-electron chi connectivity index (χ4n) is 2.53. The number of aryl methyl sites for hydroxylation is 1. The molecule has 1 fully saturated rings. The van der Waals surface area contributed by atoms with E-state index in [1.165, 1.54) is 18.6 Å². The molecular weight excluding hydrogens is 243 g/mol. The first-order chi connectivity index (χ1) is 9.24. The van der Waals surface area contributed by atoms with E-state index in [0.29, 0.717) is 12.6 Å².